The van der Waals surface area contributed by atoms with Crippen LogP contribution < -0.4 is 10.9 Å². The standard InChI is InChI=1S/C23H22F3N3O2S/c1-3-6-18(14-7-5-8-16(12-14)23(24,25)26)27-20(30)15-9-10-17-19(13-15)28-22(32)29(11-4-2)21(17)31/h4-5,7-10,12-13,18H,2-3,6,11H2,1H3,(H,27,30)(H,28,32). The summed E-state index contributed by atoms with van der Waals surface area (Å²) in [6.45, 7) is 5.74. The van der Waals surface area contributed by atoms with E-state index >= 15 is 0 Å². The molecular formula is C23H22F3N3O2S. The number of amides is 1. The predicted octanol–water partition coefficient (Wildman–Crippen LogP) is 5.54. The van der Waals surface area contributed by atoms with Crippen LogP contribution in [0.5, 0.6) is 0 Å². The maximum absolute atomic E-state index is 13.1. The van der Waals surface area contributed by atoms with Gasteiger partial charge in [0.05, 0.1) is 22.5 Å². The summed E-state index contributed by atoms with van der Waals surface area (Å²) < 4.78 is 40.9. The molecule has 5 nitrogen and oxygen atoms in total. The van der Waals surface area contributed by atoms with Gasteiger partial charge in [0.2, 0.25) is 0 Å². The van der Waals surface area contributed by atoms with Crippen molar-refractivity contribution in [2.24, 2.45) is 0 Å². The molecule has 3 rings (SSSR count). The van der Waals surface area contributed by atoms with Crippen molar-refractivity contribution in [1.82, 2.24) is 14.9 Å². The summed E-state index contributed by atoms with van der Waals surface area (Å²) in [6, 6.07) is 8.89. The van der Waals surface area contributed by atoms with E-state index in [4.69, 9.17) is 12.2 Å². The van der Waals surface area contributed by atoms with E-state index < -0.39 is 23.7 Å². The molecule has 0 aliphatic rings. The normalized spacial score (nSPS) is 12.5. The van der Waals surface area contributed by atoms with Gasteiger partial charge in [0.25, 0.3) is 11.5 Å². The number of allylic oxidation sites excluding steroid dienone is 1. The zero-order chi connectivity index (χ0) is 23.5. The molecule has 0 spiro atoms. The van der Waals surface area contributed by atoms with Crippen molar-refractivity contribution in [2.45, 2.75) is 38.5 Å². The monoisotopic (exact) mass is 461 g/mol. The fourth-order valence-corrected chi connectivity index (χ4v) is 3.74. The lowest BCUT2D eigenvalue weighted by Crippen LogP contribution is -2.29. The van der Waals surface area contributed by atoms with Crippen LogP contribution in [0.1, 0.15) is 47.3 Å². The molecule has 1 unspecified atom stereocenters. The second-order valence-corrected chi connectivity index (χ2v) is 7.72. The number of aromatic nitrogens is 2. The van der Waals surface area contributed by atoms with Crippen LogP contribution >= 0.6 is 12.2 Å². The van der Waals surface area contributed by atoms with Crippen molar-refractivity contribution in [2.75, 3.05) is 0 Å². The molecule has 0 radical (unpaired) electrons. The molecule has 9 heteroatoms. The number of H-pyrrole nitrogens is 1. The maximum Gasteiger partial charge on any atom is 0.416 e. The number of fused-ring (bicyclic) bond motifs is 1. The minimum Gasteiger partial charge on any atom is -0.345 e. The minimum atomic E-state index is -4.47. The fourth-order valence-electron chi connectivity index (χ4n) is 3.47. The van der Waals surface area contributed by atoms with Gasteiger partial charge in [-0.1, -0.05) is 31.6 Å². The number of carbonyl (C=O) groups is 1. The third kappa shape index (κ3) is 4.99. The smallest absolute Gasteiger partial charge is 0.345 e. The molecule has 0 saturated carbocycles. The van der Waals surface area contributed by atoms with Crippen LogP contribution in [0.25, 0.3) is 10.9 Å². The number of aromatic amines is 1. The average molecular weight is 462 g/mol. The van der Waals surface area contributed by atoms with Crippen LogP contribution in [0, 0.1) is 4.77 Å². The second kappa shape index (κ2) is 9.52. The van der Waals surface area contributed by atoms with Gasteiger partial charge in [-0.15, -0.1) is 6.58 Å². The van der Waals surface area contributed by atoms with E-state index in [2.05, 4.69) is 16.9 Å². The van der Waals surface area contributed by atoms with Gasteiger partial charge in [0, 0.05) is 12.1 Å². The number of hydrogen-bond acceptors (Lipinski definition) is 3. The van der Waals surface area contributed by atoms with E-state index in [1.54, 1.807) is 12.1 Å². The molecule has 1 aromatic heterocycles. The Balaban J connectivity index is 1.93. The van der Waals surface area contributed by atoms with E-state index in [0.717, 1.165) is 12.1 Å². The Hall–Kier alpha value is -3.20. The first-order valence-electron chi connectivity index (χ1n) is 10.0. The number of alkyl halides is 3. The number of benzene rings is 2. The molecule has 3 aromatic rings. The first-order chi connectivity index (χ1) is 15.2. The molecule has 0 aliphatic heterocycles. The molecule has 1 heterocycles. The van der Waals surface area contributed by atoms with E-state index in [1.807, 2.05) is 6.92 Å². The summed E-state index contributed by atoms with van der Waals surface area (Å²) in [6.07, 6.45) is -1.78. The predicted molar refractivity (Wildman–Crippen MR) is 120 cm³/mol. The van der Waals surface area contributed by atoms with Crippen molar-refractivity contribution >= 4 is 29.0 Å². The van der Waals surface area contributed by atoms with E-state index in [1.165, 1.54) is 28.8 Å². The minimum absolute atomic E-state index is 0.202. The van der Waals surface area contributed by atoms with Gasteiger partial charge >= 0.3 is 6.18 Å². The average Bonchev–Trinajstić information content (AvgIpc) is 2.75. The van der Waals surface area contributed by atoms with Gasteiger partial charge in [-0.3, -0.25) is 14.2 Å². The number of hydrogen-bond donors (Lipinski definition) is 2. The second-order valence-electron chi connectivity index (χ2n) is 7.33. The number of carbonyl (C=O) groups excluding carboxylic acids is 1. The third-order valence-corrected chi connectivity index (χ3v) is 5.38. The first-order valence-corrected chi connectivity index (χ1v) is 10.4. The first kappa shape index (κ1) is 23.5. The van der Waals surface area contributed by atoms with E-state index in [0.29, 0.717) is 29.3 Å². The van der Waals surface area contributed by atoms with Crippen LogP contribution in [0.15, 0.2) is 59.9 Å². The molecule has 0 bridgehead atoms. The molecule has 2 aromatic carbocycles. The lowest BCUT2D eigenvalue weighted by molar-refractivity contribution is -0.137. The van der Waals surface area contributed by atoms with Crippen LogP contribution in [0.3, 0.4) is 0 Å². The molecule has 0 fully saturated rings. The van der Waals surface area contributed by atoms with Crippen LogP contribution in [0.4, 0.5) is 13.2 Å². The van der Waals surface area contributed by atoms with Gasteiger partial charge in [-0.25, -0.2) is 0 Å². The highest BCUT2D eigenvalue weighted by atomic mass is 32.1. The maximum atomic E-state index is 13.1. The Kier molecular flexibility index (Phi) is 6.98. The quantitative estimate of drug-likeness (QED) is 0.359. The molecule has 2 N–H and O–H groups in total. The lowest BCUT2D eigenvalue weighted by Gasteiger charge is -2.20. The highest BCUT2D eigenvalue weighted by molar-refractivity contribution is 7.71. The van der Waals surface area contributed by atoms with Gasteiger partial charge in [-0.2, -0.15) is 13.2 Å². The SMILES string of the molecule is C=CCn1c(=S)[nH]c2cc(C(=O)NC(CCC)c3cccc(C(F)(F)F)c3)ccc2c1=O. The molecular weight excluding hydrogens is 439 g/mol. The highest BCUT2D eigenvalue weighted by Gasteiger charge is 2.31. The summed E-state index contributed by atoms with van der Waals surface area (Å²) in [5, 5.41) is 3.17. The Morgan fingerprint density at radius 2 is 2.03 bits per heavy atom. The largest absolute Gasteiger partial charge is 0.416 e. The Labute approximate surface area is 187 Å². The van der Waals surface area contributed by atoms with Crippen LogP contribution in [-0.4, -0.2) is 15.5 Å². The number of halogens is 3. The van der Waals surface area contributed by atoms with Gasteiger partial charge in [0.15, 0.2) is 4.77 Å². The van der Waals surface area contributed by atoms with Crippen molar-refractivity contribution in [3.63, 3.8) is 0 Å². The molecule has 1 atom stereocenters. The highest BCUT2D eigenvalue weighted by Crippen LogP contribution is 2.31. The summed E-state index contributed by atoms with van der Waals surface area (Å²) in [5.74, 6) is -0.461. The van der Waals surface area contributed by atoms with Gasteiger partial charge in [-0.05, 0) is 54.5 Å². The van der Waals surface area contributed by atoms with Crippen molar-refractivity contribution in [1.29, 1.82) is 0 Å². The van der Waals surface area contributed by atoms with Crippen LogP contribution in [0.2, 0.25) is 0 Å². The summed E-state index contributed by atoms with van der Waals surface area (Å²) in [4.78, 5) is 28.5. The number of rotatable bonds is 7. The number of nitrogens with zero attached hydrogens (tertiary/aromatic N) is 1. The van der Waals surface area contributed by atoms with Crippen LogP contribution in [-0.2, 0) is 12.7 Å². The molecule has 0 aliphatic carbocycles. The Bertz CT molecular complexity index is 1280. The molecule has 32 heavy (non-hydrogen) atoms. The molecule has 0 saturated heterocycles. The molecule has 1 amide bonds. The van der Waals surface area contributed by atoms with Crippen molar-refractivity contribution in [3.8, 4) is 0 Å². The zero-order valence-electron chi connectivity index (χ0n) is 17.3. The summed E-state index contributed by atoms with van der Waals surface area (Å²) in [7, 11) is 0. The molecule has 168 valence electrons. The topological polar surface area (TPSA) is 66.9 Å². The summed E-state index contributed by atoms with van der Waals surface area (Å²) >= 11 is 5.22. The summed E-state index contributed by atoms with van der Waals surface area (Å²) in [5.41, 5.74) is -0.0263. The van der Waals surface area contributed by atoms with E-state index in [9.17, 15) is 22.8 Å². The van der Waals surface area contributed by atoms with E-state index in [-0.39, 0.29) is 22.4 Å². The Morgan fingerprint density at radius 3 is 2.69 bits per heavy atom. The fraction of sp³-hybridized carbons (Fsp3) is 0.261. The third-order valence-electron chi connectivity index (χ3n) is 5.05. The lowest BCUT2D eigenvalue weighted by atomic mass is 9.99. The van der Waals surface area contributed by atoms with Gasteiger partial charge < -0.3 is 10.3 Å². The Morgan fingerprint density at radius 1 is 1.28 bits per heavy atom. The van der Waals surface area contributed by atoms with Crippen molar-refractivity contribution in [3.05, 3.63) is 86.9 Å². The number of nitrogens with one attached hydrogen (secondary N) is 2. The zero-order valence-corrected chi connectivity index (χ0v) is 18.1. The van der Waals surface area contributed by atoms with Crippen molar-refractivity contribution < 1.29 is 18.0 Å². The van der Waals surface area contributed by atoms with Gasteiger partial charge in [0.1, 0.15) is 0 Å².